The van der Waals surface area contributed by atoms with Gasteiger partial charge in [-0.2, -0.15) is 0 Å². The summed E-state index contributed by atoms with van der Waals surface area (Å²) in [6.07, 6.45) is 30.8. The Morgan fingerprint density at radius 1 is 0.531 bits per heavy atom. The zero-order valence-electron chi connectivity index (χ0n) is 22.0. The smallest absolute Gasteiger partial charge is 0.157 e. The maximum absolute atomic E-state index is 8.83. The molecule has 0 aromatic heterocycles. The summed E-state index contributed by atoms with van der Waals surface area (Å²) in [7, 11) is 0. The molecule has 0 aliphatic rings. The van der Waals surface area contributed by atoms with Gasteiger partial charge in [0.25, 0.3) is 0 Å². The van der Waals surface area contributed by atoms with Crippen molar-refractivity contribution in [3.05, 3.63) is 12.2 Å². The summed E-state index contributed by atoms with van der Waals surface area (Å²) in [6, 6.07) is 0. The summed E-state index contributed by atoms with van der Waals surface area (Å²) in [5.74, 6) is 0. The first-order valence-corrected chi connectivity index (χ1v) is 14.3. The van der Waals surface area contributed by atoms with Crippen LogP contribution in [0.5, 0.6) is 0 Å². The lowest BCUT2D eigenvalue weighted by atomic mass is 10.1. The first kappa shape index (κ1) is 31.6. The van der Waals surface area contributed by atoms with Gasteiger partial charge in [0.1, 0.15) is 0 Å². The molecule has 1 N–H and O–H groups in total. The van der Waals surface area contributed by atoms with Crippen molar-refractivity contribution in [2.45, 2.75) is 155 Å². The standard InChI is InChI=1S/C29H58O3/c1-3-5-7-9-11-15-19-23-27-31-29(25-21-17-13-14-18-22-26-30)32-28-24-20-16-12-10-8-6-4-2/h14,18,29-30H,3-13,15-17,19-28H2,1-2H3/b18-14+. The first-order valence-electron chi connectivity index (χ1n) is 14.3. The number of aliphatic hydroxyl groups is 1. The minimum atomic E-state index is -0.0227. The maximum atomic E-state index is 8.83. The van der Waals surface area contributed by atoms with Crippen molar-refractivity contribution in [2.75, 3.05) is 19.8 Å². The van der Waals surface area contributed by atoms with E-state index >= 15 is 0 Å². The van der Waals surface area contributed by atoms with E-state index in [1.54, 1.807) is 0 Å². The summed E-state index contributed by atoms with van der Waals surface area (Å²) < 4.78 is 12.3. The fourth-order valence-corrected chi connectivity index (χ4v) is 4.00. The highest BCUT2D eigenvalue weighted by molar-refractivity contribution is 4.80. The highest BCUT2D eigenvalue weighted by atomic mass is 16.7. The van der Waals surface area contributed by atoms with Crippen LogP contribution in [0.4, 0.5) is 0 Å². The Hall–Kier alpha value is -0.380. The number of aliphatic hydroxyl groups excluding tert-OH is 1. The van der Waals surface area contributed by atoms with Gasteiger partial charge in [-0.15, -0.1) is 0 Å². The molecule has 0 amide bonds. The summed E-state index contributed by atoms with van der Waals surface area (Å²) >= 11 is 0. The van der Waals surface area contributed by atoms with Crippen molar-refractivity contribution in [1.29, 1.82) is 0 Å². The van der Waals surface area contributed by atoms with Crippen LogP contribution >= 0.6 is 0 Å². The van der Waals surface area contributed by atoms with Gasteiger partial charge >= 0.3 is 0 Å². The predicted octanol–water partition coefficient (Wildman–Crippen LogP) is 9.13. The van der Waals surface area contributed by atoms with E-state index in [9.17, 15) is 0 Å². The highest BCUT2D eigenvalue weighted by Gasteiger charge is 2.09. The van der Waals surface area contributed by atoms with Crippen LogP contribution < -0.4 is 0 Å². The second-order valence-corrected chi connectivity index (χ2v) is 9.39. The van der Waals surface area contributed by atoms with Gasteiger partial charge in [-0.25, -0.2) is 0 Å². The number of ether oxygens (including phenoxy) is 2. The fourth-order valence-electron chi connectivity index (χ4n) is 4.00. The number of rotatable bonds is 27. The molecule has 3 heteroatoms. The first-order chi connectivity index (χ1) is 15.8. The molecular weight excluding hydrogens is 396 g/mol. The SMILES string of the molecule is CCCCCCCCCCOC(CCCC/C=C/CCO)OCCCCCCCCCC. The van der Waals surface area contributed by atoms with E-state index in [0.29, 0.717) is 0 Å². The third-order valence-electron chi connectivity index (χ3n) is 6.13. The molecule has 0 radical (unpaired) electrons. The molecule has 0 aliphatic carbocycles. The molecule has 0 bridgehead atoms. The van der Waals surface area contributed by atoms with E-state index in [2.05, 4.69) is 26.0 Å². The highest BCUT2D eigenvalue weighted by Crippen LogP contribution is 2.14. The molecule has 3 nitrogen and oxygen atoms in total. The topological polar surface area (TPSA) is 38.7 Å². The zero-order chi connectivity index (χ0) is 23.4. The Kier molecular flexibility index (Phi) is 28.3. The molecule has 0 unspecified atom stereocenters. The summed E-state index contributed by atoms with van der Waals surface area (Å²) in [6.45, 7) is 6.48. The summed E-state index contributed by atoms with van der Waals surface area (Å²) in [4.78, 5) is 0. The number of unbranched alkanes of at least 4 members (excludes halogenated alkanes) is 16. The Morgan fingerprint density at radius 3 is 1.44 bits per heavy atom. The monoisotopic (exact) mass is 454 g/mol. The molecule has 0 spiro atoms. The van der Waals surface area contributed by atoms with E-state index in [1.807, 2.05) is 0 Å². The summed E-state index contributed by atoms with van der Waals surface area (Å²) in [5, 5.41) is 8.83. The average Bonchev–Trinajstić information content (AvgIpc) is 2.80. The second-order valence-electron chi connectivity index (χ2n) is 9.39. The van der Waals surface area contributed by atoms with Gasteiger partial charge < -0.3 is 14.6 Å². The van der Waals surface area contributed by atoms with Crippen molar-refractivity contribution in [2.24, 2.45) is 0 Å². The molecule has 0 aromatic rings. The quantitative estimate of drug-likeness (QED) is 0.0763. The van der Waals surface area contributed by atoms with Crippen molar-refractivity contribution in [3.63, 3.8) is 0 Å². The van der Waals surface area contributed by atoms with Crippen LogP contribution in [0, 0.1) is 0 Å². The summed E-state index contributed by atoms with van der Waals surface area (Å²) in [5.41, 5.74) is 0. The third-order valence-corrected chi connectivity index (χ3v) is 6.13. The van der Waals surface area contributed by atoms with Crippen molar-refractivity contribution < 1.29 is 14.6 Å². The molecular formula is C29H58O3. The normalized spacial score (nSPS) is 11.9. The van der Waals surface area contributed by atoms with Gasteiger partial charge in [0.05, 0.1) is 0 Å². The third kappa shape index (κ3) is 25.9. The van der Waals surface area contributed by atoms with Gasteiger partial charge in [0.15, 0.2) is 6.29 Å². The molecule has 0 rings (SSSR count). The molecule has 0 saturated heterocycles. The molecule has 0 atom stereocenters. The van der Waals surface area contributed by atoms with Crippen molar-refractivity contribution in [3.8, 4) is 0 Å². The maximum Gasteiger partial charge on any atom is 0.157 e. The Labute approximate surface area is 201 Å². The molecule has 0 saturated carbocycles. The predicted molar refractivity (Wildman–Crippen MR) is 140 cm³/mol. The van der Waals surface area contributed by atoms with Gasteiger partial charge in [0, 0.05) is 19.8 Å². The zero-order valence-corrected chi connectivity index (χ0v) is 22.0. The van der Waals surface area contributed by atoms with Gasteiger partial charge in [-0.3, -0.25) is 0 Å². The van der Waals surface area contributed by atoms with Crippen LogP contribution in [-0.4, -0.2) is 31.2 Å². The number of hydrogen-bond acceptors (Lipinski definition) is 3. The number of hydrogen-bond donors (Lipinski definition) is 1. The van der Waals surface area contributed by atoms with E-state index < -0.39 is 0 Å². The lowest BCUT2D eigenvalue weighted by Crippen LogP contribution is -2.19. The second kappa shape index (κ2) is 28.7. The molecule has 32 heavy (non-hydrogen) atoms. The van der Waals surface area contributed by atoms with Gasteiger partial charge in [-0.05, 0) is 44.9 Å². The van der Waals surface area contributed by atoms with E-state index in [-0.39, 0.29) is 12.9 Å². The van der Waals surface area contributed by atoms with Crippen molar-refractivity contribution in [1.82, 2.24) is 0 Å². The van der Waals surface area contributed by atoms with Gasteiger partial charge in [0.2, 0.25) is 0 Å². The van der Waals surface area contributed by atoms with E-state index in [1.165, 1.54) is 96.3 Å². The Balaban J connectivity index is 3.86. The average molecular weight is 455 g/mol. The Morgan fingerprint density at radius 2 is 0.969 bits per heavy atom. The van der Waals surface area contributed by atoms with E-state index in [4.69, 9.17) is 14.6 Å². The molecule has 0 aliphatic heterocycles. The number of allylic oxidation sites excluding steroid dienone is 1. The van der Waals surface area contributed by atoms with Crippen LogP contribution in [0.3, 0.4) is 0 Å². The van der Waals surface area contributed by atoms with Crippen LogP contribution in [0.15, 0.2) is 12.2 Å². The molecule has 0 heterocycles. The molecule has 0 fully saturated rings. The largest absolute Gasteiger partial charge is 0.396 e. The van der Waals surface area contributed by atoms with Crippen LogP contribution in [0.1, 0.15) is 149 Å². The van der Waals surface area contributed by atoms with Crippen molar-refractivity contribution >= 4 is 0 Å². The van der Waals surface area contributed by atoms with Crippen LogP contribution in [-0.2, 0) is 9.47 Å². The lowest BCUT2D eigenvalue weighted by Gasteiger charge is -2.19. The fraction of sp³-hybridized carbons (Fsp3) is 0.931. The van der Waals surface area contributed by atoms with Crippen LogP contribution in [0.25, 0.3) is 0 Å². The molecule has 0 aromatic carbocycles. The minimum Gasteiger partial charge on any atom is -0.396 e. The minimum absolute atomic E-state index is 0.0227. The van der Waals surface area contributed by atoms with E-state index in [0.717, 1.165) is 51.7 Å². The lowest BCUT2D eigenvalue weighted by molar-refractivity contribution is -0.148. The Bertz CT molecular complexity index is 334. The van der Waals surface area contributed by atoms with Gasteiger partial charge in [-0.1, -0.05) is 116 Å². The molecule has 192 valence electrons. The van der Waals surface area contributed by atoms with Crippen LogP contribution in [0.2, 0.25) is 0 Å².